The van der Waals surface area contributed by atoms with Gasteiger partial charge in [0.25, 0.3) is 0 Å². The molecule has 0 N–H and O–H groups in total. The van der Waals surface area contributed by atoms with Gasteiger partial charge in [-0.1, -0.05) is 48.5 Å². The van der Waals surface area contributed by atoms with Crippen LogP contribution < -0.4 is 0 Å². The maximum absolute atomic E-state index is 6.50. The van der Waals surface area contributed by atoms with E-state index in [9.17, 15) is 0 Å². The molecule has 0 radical (unpaired) electrons. The zero-order valence-corrected chi connectivity index (χ0v) is 11.9. The molecule has 1 atom stereocenters. The minimum Gasteiger partial charge on any atom is -0.113 e. The molecule has 2 aromatic carbocycles. The fourth-order valence-electron chi connectivity index (χ4n) is 1.67. The highest BCUT2D eigenvalue weighted by Crippen LogP contribution is 2.32. The standard InChI is InChI=1S/C14H12ClI/c1-10-6-5-9-12(14(10)16)13(15)11-7-3-2-4-8-11/h2-9,13H,1H3. The van der Waals surface area contributed by atoms with Gasteiger partial charge in [0.15, 0.2) is 0 Å². The first-order valence-corrected chi connectivity index (χ1v) is 6.65. The molecular formula is C14H12ClI. The molecule has 0 aromatic heterocycles. The molecule has 1 unspecified atom stereocenters. The lowest BCUT2D eigenvalue weighted by atomic mass is 10.0. The van der Waals surface area contributed by atoms with Crippen LogP contribution in [0.4, 0.5) is 0 Å². The quantitative estimate of drug-likeness (QED) is 0.536. The molecule has 82 valence electrons. The molecule has 2 heteroatoms. The van der Waals surface area contributed by atoms with Gasteiger partial charge in [-0.25, -0.2) is 0 Å². The maximum Gasteiger partial charge on any atom is 0.0845 e. The molecule has 0 bridgehead atoms. The Balaban J connectivity index is 2.42. The zero-order chi connectivity index (χ0) is 11.5. The summed E-state index contributed by atoms with van der Waals surface area (Å²) >= 11 is 8.87. The zero-order valence-electron chi connectivity index (χ0n) is 8.95. The fourth-order valence-corrected chi connectivity index (χ4v) is 2.85. The Morgan fingerprint density at radius 2 is 1.69 bits per heavy atom. The third-order valence-corrected chi connectivity index (χ3v) is 4.55. The lowest BCUT2D eigenvalue weighted by Crippen LogP contribution is -1.97. The van der Waals surface area contributed by atoms with Crippen LogP contribution in [0, 0.1) is 10.5 Å². The van der Waals surface area contributed by atoms with Crippen LogP contribution in [0.25, 0.3) is 0 Å². The Kier molecular flexibility index (Phi) is 3.87. The predicted molar refractivity (Wildman–Crippen MR) is 78.0 cm³/mol. The Morgan fingerprint density at radius 1 is 1.00 bits per heavy atom. The third kappa shape index (κ3) is 2.41. The second-order valence-electron chi connectivity index (χ2n) is 3.75. The Bertz CT molecular complexity index is 479. The molecule has 0 spiro atoms. The van der Waals surface area contributed by atoms with Crippen LogP contribution >= 0.6 is 34.2 Å². The van der Waals surface area contributed by atoms with Crippen molar-refractivity contribution < 1.29 is 0 Å². The number of benzene rings is 2. The summed E-state index contributed by atoms with van der Waals surface area (Å²) in [6, 6.07) is 16.5. The van der Waals surface area contributed by atoms with Gasteiger partial charge in [-0.2, -0.15) is 0 Å². The van der Waals surface area contributed by atoms with Crippen molar-refractivity contribution in [2.45, 2.75) is 12.3 Å². The number of hydrogen-bond acceptors (Lipinski definition) is 0. The molecule has 0 aliphatic heterocycles. The van der Waals surface area contributed by atoms with Crippen LogP contribution in [0.2, 0.25) is 0 Å². The van der Waals surface area contributed by atoms with Crippen LogP contribution in [0.3, 0.4) is 0 Å². The number of halogens is 2. The highest BCUT2D eigenvalue weighted by molar-refractivity contribution is 14.1. The summed E-state index contributed by atoms with van der Waals surface area (Å²) in [6.45, 7) is 2.11. The second kappa shape index (κ2) is 5.19. The van der Waals surface area contributed by atoms with E-state index in [0.29, 0.717) is 0 Å². The average molecular weight is 343 g/mol. The minimum absolute atomic E-state index is 0.0620. The lowest BCUT2D eigenvalue weighted by Gasteiger charge is -2.13. The van der Waals surface area contributed by atoms with Gasteiger partial charge in [0.1, 0.15) is 0 Å². The Labute approximate surface area is 115 Å². The fraction of sp³-hybridized carbons (Fsp3) is 0.143. The molecule has 2 aromatic rings. The topological polar surface area (TPSA) is 0 Å². The van der Waals surface area contributed by atoms with E-state index in [4.69, 9.17) is 11.6 Å². The largest absolute Gasteiger partial charge is 0.113 e. The lowest BCUT2D eigenvalue weighted by molar-refractivity contribution is 1.12. The smallest absolute Gasteiger partial charge is 0.0845 e. The van der Waals surface area contributed by atoms with E-state index in [2.05, 4.69) is 59.8 Å². The molecule has 0 fully saturated rings. The van der Waals surface area contributed by atoms with Crippen LogP contribution in [0.1, 0.15) is 22.1 Å². The van der Waals surface area contributed by atoms with Crippen LogP contribution in [0.5, 0.6) is 0 Å². The molecule has 16 heavy (non-hydrogen) atoms. The van der Waals surface area contributed by atoms with E-state index in [-0.39, 0.29) is 5.38 Å². The summed E-state index contributed by atoms with van der Waals surface area (Å²) in [5.41, 5.74) is 3.61. The van der Waals surface area contributed by atoms with E-state index in [1.807, 2.05) is 18.2 Å². The summed E-state index contributed by atoms with van der Waals surface area (Å²) in [5, 5.41) is -0.0620. The first-order chi connectivity index (χ1) is 7.70. The molecule has 0 nitrogen and oxygen atoms in total. The summed E-state index contributed by atoms with van der Waals surface area (Å²) in [5.74, 6) is 0. The summed E-state index contributed by atoms with van der Waals surface area (Å²) < 4.78 is 1.25. The Hall–Kier alpha value is -0.540. The summed E-state index contributed by atoms with van der Waals surface area (Å²) in [7, 11) is 0. The van der Waals surface area contributed by atoms with Crippen molar-refractivity contribution in [1.29, 1.82) is 0 Å². The predicted octanol–water partition coefficient (Wildman–Crippen LogP) is 4.93. The maximum atomic E-state index is 6.50. The van der Waals surface area contributed by atoms with Crippen molar-refractivity contribution in [3.8, 4) is 0 Å². The normalized spacial score (nSPS) is 12.4. The van der Waals surface area contributed by atoms with Crippen molar-refractivity contribution in [3.05, 3.63) is 68.8 Å². The molecule has 0 saturated carbocycles. The van der Waals surface area contributed by atoms with Gasteiger partial charge in [-0.3, -0.25) is 0 Å². The molecule has 2 rings (SSSR count). The monoisotopic (exact) mass is 342 g/mol. The van der Waals surface area contributed by atoms with Gasteiger partial charge < -0.3 is 0 Å². The van der Waals surface area contributed by atoms with Gasteiger partial charge in [0.05, 0.1) is 5.38 Å². The van der Waals surface area contributed by atoms with Crippen molar-refractivity contribution >= 4 is 34.2 Å². The van der Waals surface area contributed by atoms with Crippen molar-refractivity contribution in [1.82, 2.24) is 0 Å². The number of rotatable bonds is 2. The summed E-state index contributed by atoms with van der Waals surface area (Å²) in [4.78, 5) is 0. The first kappa shape index (κ1) is 11.9. The molecule has 0 saturated heterocycles. The van der Waals surface area contributed by atoms with Gasteiger partial charge in [-0.15, -0.1) is 11.6 Å². The second-order valence-corrected chi connectivity index (χ2v) is 5.27. The van der Waals surface area contributed by atoms with Crippen molar-refractivity contribution in [3.63, 3.8) is 0 Å². The highest BCUT2D eigenvalue weighted by Gasteiger charge is 2.14. The molecule has 0 amide bonds. The van der Waals surface area contributed by atoms with Crippen LogP contribution in [0.15, 0.2) is 48.5 Å². The van der Waals surface area contributed by atoms with Crippen molar-refractivity contribution in [2.24, 2.45) is 0 Å². The van der Waals surface area contributed by atoms with Gasteiger partial charge in [0, 0.05) is 3.57 Å². The first-order valence-electron chi connectivity index (χ1n) is 5.14. The SMILES string of the molecule is Cc1cccc(C(Cl)c2ccccc2)c1I. The highest BCUT2D eigenvalue weighted by atomic mass is 127. The molecular weight excluding hydrogens is 331 g/mol. The van der Waals surface area contributed by atoms with E-state index >= 15 is 0 Å². The minimum atomic E-state index is -0.0620. The third-order valence-electron chi connectivity index (χ3n) is 2.59. The van der Waals surface area contributed by atoms with Gasteiger partial charge in [-0.05, 0) is 46.2 Å². The van der Waals surface area contributed by atoms with Gasteiger partial charge >= 0.3 is 0 Å². The van der Waals surface area contributed by atoms with Crippen LogP contribution in [-0.4, -0.2) is 0 Å². The number of alkyl halides is 1. The molecule has 0 aliphatic rings. The average Bonchev–Trinajstić information content (AvgIpc) is 2.33. The Morgan fingerprint density at radius 3 is 2.38 bits per heavy atom. The number of hydrogen-bond donors (Lipinski definition) is 0. The van der Waals surface area contributed by atoms with E-state index in [1.165, 1.54) is 14.7 Å². The number of aryl methyl sites for hydroxylation is 1. The van der Waals surface area contributed by atoms with Crippen molar-refractivity contribution in [2.75, 3.05) is 0 Å². The van der Waals surface area contributed by atoms with Crippen LogP contribution in [-0.2, 0) is 0 Å². The van der Waals surface area contributed by atoms with E-state index < -0.39 is 0 Å². The van der Waals surface area contributed by atoms with E-state index in [0.717, 1.165) is 5.56 Å². The van der Waals surface area contributed by atoms with Gasteiger partial charge in [0.2, 0.25) is 0 Å². The molecule has 0 aliphatic carbocycles. The van der Waals surface area contributed by atoms with E-state index in [1.54, 1.807) is 0 Å². The molecule has 0 heterocycles. The summed E-state index contributed by atoms with van der Waals surface area (Å²) in [6.07, 6.45) is 0.